The molecule has 0 unspecified atom stereocenters. The first-order valence-electron chi connectivity index (χ1n) is 7.83. The molecule has 3 aromatic rings. The average Bonchev–Trinajstić information content (AvgIpc) is 3.24. The van der Waals surface area contributed by atoms with Gasteiger partial charge >= 0.3 is 0 Å². The van der Waals surface area contributed by atoms with Gasteiger partial charge in [0.2, 0.25) is 0 Å². The molecule has 1 saturated heterocycles. The summed E-state index contributed by atoms with van der Waals surface area (Å²) in [6.45, 7) is 3.55. The Kier molecular flexibility index (Phi) is 3.85. The van der Waals surface area contributed by atoms with Crippen molar-refractivity contribution in [1.29, 1.82) is 0 Å². The molecular formula is C15H17N7OS. The van der Waals surface area contributed by atoms with Crippen LogP contribution in [0.5, 0.6) is 0 Å². The van der Waals surface area contributed by atoms with Crippen LogP contribution in [-0.2, 0) is 0 Å². The number of carbonyl (C=O) groups is 1. The fourth-order valence-corrected chi connectivity index (χ4v) is 3.55. The molecule has 4 rings (SSSR count). The van der Waals surface area contributed by atoms with Crippen molar-refractivity contribution in [2.24, 2.45) is 0 Å². The first kappa shape index (κ1) is 15.0. The Hall–Kier alpha value is -2.55. The maximum Gasteiger partial charge on any atom is 0.270 e. The zero-order valence-corrected chi connectivity index (χ0v) is 14.0. The molecule has 4 heterocycles. The van der Waals surface area contributed by atoms with Crippen LogP contribution in [0.25, 0.3) is 11.2 Å². The fraction of sp³-hybridized carbons (Fsp3) is 0.400. The third-order valence-electron chi connectivity index (χ3n) is 4.18. The molecule has 24 heavy (non-hydrogen) atoms. The van der Waals surface area contributed by atoms with E-state index in [2.05, 4.69) is 35.1 Å². The minimum atomic E-state index is -0.0872. The summed E-state index contributed by atoms with van der Waals surface area (Å²) in [6, 6.07) is 0.162. The Morgan fingerprint density at radius 2 is 2.17 bits per heavy atom. The summed E-state index contributed by atoms with van der Waals surface area (Å²) in [6.07, 6.45) is 4.91. The Labute approximate surface area is 142 Å². The van der Waals surface area contributed by atoms with Gasteiger partial charge in [0.15, 0.2) is 11.5 Å². The normalized spacial score (nSPS) is 15.8. The second-order valence-corrected chi connectivity index (χ2v) is 6.85. The Bertz CT molecular complexity index is 865. The number of aromatic nitrogens is 5. The highest BCUT2D eigenvalue weighted by molar-refractivity contribution is 7.09. The van der Waals surface area contributed by atoms with Gasteiger partial charge in [0.25, 0.3) is 5.91 Å². The number of amides is 1. The van der Waals surface area contributed by atoms with E-state index in [0.717, 1.165) is 42.3 Å². The molecule has 0 aromatic carbocycles. The van der Waals surface area contributed by atoms with E-state index in [-0.39, 0.29) is 11.9 Å². The lowest BCUT2D eigenvalue weighted by Crippen LogP contribution is -2.45. The van der Waals surface area contributed by atoms with Gasteiger partial charge in [-0.1, -0.05) is 0 Å². The van der Waals surface area contributed by atoms with Gasteiger partial charge in [0.05, 0.1) is 11.3 Å². The van der Waals surface area contributed by atoms with Crippen LogP contribution in [0.3, 0.4) is 0 Å². The molecule has 0 aliphatic carbocycles. The van der Waals surface area contributed by atoms with E-state index < -0.39 is 0 Å². The molecule has 0 bridgehead atoms. The minimum absolute atomic E-state index is 0.0872. The van der Waals surface area contributed by atoms with Gasteiger partial charge in [-0.05, 0) is 19.8 Å². The van der Waals surface area contributed by atoms with E-state index in [9.17, 15) is 4.79 Å². The predicted molar refractivity (Wildman–Crippen MR) is 91.2 cm³/mol. The molecule has 1 aliphatic rings. The number of imidazole rings is 1. The molecule has 3 aromatic heterocycles. The van der Waals surface area contributed by atoms with Crippen molar-refractivity contribution in [2.75, 3.05) is 18.0 Å². The van der Waals surface area contributed by atoms with Gasteiger partial charge in [0, 0.05) is 24.5 Å². The van der Waals surface area contributed by atoms with Gasteiger partial charge in [0.1, 0.15) is 17.5 Å². The van der Waals surface area contributed by atoms with Gasteiger partial charge in [-0.25, -0.2) is 19.9 Å². The van der Waals surface area contributed by atoms with Crippen molar-refractivity contribution in [1.82, 2.24) is 30.2 Å². The van der Waals surface area contributed by atoms with Crippen LogP contribution in [0.4, 0.5) is 5.82 Å². The number of aryl methyl sites for hydroxylation is 1. The molecule has 2 N–H and O–H groups in total. The van der Waals surface area contributed by atoms with Crippen molar-refractivity contribution < 1.29 is 4.79 Å². The molecule has 0 radical (unpaired) electrons. The molecular weight excluding hydrogens is 326 g/mol. The van der Waals surface area contributed by atoms with Crippen LogP contribution in [0.2, 0.25) is 0 Å². The molecule has 1 aliphatic heterocycles. The fourth-order valence-electron chi connectivity index (χ4n) is 2.95. The van der Waals surface area contributed by atoms with E-state index >= 15 is 0 Å². The predicted octanol–water partition coefficient (Wildman–Crippen LogP) is 1.52. The zero-order valence-electron chi connectivity index (χ0n) is 13.2. The smallest absolute Gasteiger partial charge is 0.270 e. The molecule has 9 heteroatoms. The molecule has 0 spiro atoms. The quantitative estimate of drug-likeness (QED) is 0.748. The molecule has 124 valence electrons. The molecule has 8 nitrogen and oxygen atoms in total. The van der Waals surface area contributed by atoms with Gasteiger partial charge in [-0.2, -0.15) is 0 Å². The van der Waals surface area contributed by atoms with E-state index in [4.69, 9.17) is 0 Å². The highest BCUT2D eigenvalue weighted by atomic mass is 32.1. The number of nitrogens with one attached hydrogen (secondary N) is 2. The van der Waals surface area contributed by atoms with Gasteiger partial charge in [-0.15, -0.1) is 11.3 Å². The van der Waals surface area contributed by atoms with Crippen LogP contribution < -0.4 is 10.2 Å². The van der Waals surface area contributed by atoms with E-state index in [1.165, 1.54) is 17.7 Å². The monoisotopic (exact) mass is 343 g/mol. The number of rotatable bonds is 3. The second-order valence-electron chi connectivity index (χ2n) is 5.78. The number of thiazole rings is 1. The van der Waals surface area contributed by atoms with E-state index in [1.54, 1.807) is 11.7 Å². The standard InChI is InChI=1S/C15H17N7OS/c1-9-20-11(6-24-9)15(23)21-10-2-4-22(5-3-10)14-12-13(17-7-16-12)18-8-19-14/h6-8,10H,2-5H2,1H3,(H,21,23)(H,16,17,18,19). The van der Waals surface area contributed by atoms with Crippen molar-refractivity contribution in [2.45, 2.75) is 25.8 Å². The minimum Gasteiger partial charge on any atom is -0.355 e. The topological polar surface area (TPSA) is 99.7 Å². The van der Waals surface area contributed by atoms with Crippen LogP contribution >= 0.6 is 11.3 Å². The lowest BCUT2D eigenvalue weighted by molar-refractivity contribution is 0.0926. The lowest BCUT2D eigenvalue weighted by atomic mass is 10.0. The second kappa shape index (κ2) is 6.16. The van der Waals surface area contributed by atoms with Gasteiger partial charge < -0.3 is 15.2 Å². The number of piperidine rings is 1. The summed E-state index contributed by atoms with van der Waals surface area (Å²) in [5.41, 5.74) is 2.04. The number of H-pyrrole nitrogens is 1. The van der Waals surface area contributed by atoms with Crippen LogP contribution in [0.15, 0.2) is 18.0 Å². The van der Waals surface area contributed by atoms with E-state index in [1.807, 2.05) is 6.92 Å². The summed E-state index contributed by atoms with van der Waals surface area (Å²) in [7, 11) is 0. The highest BCUT2D eigenvalue weighted by Gasteiger charge is 2.24. The summed E-state index contributed by atoms with van der Waals surface area (Å²) in [4.78, 5) is 34.4. The number of carbonyl (C=O) groups excluding carboxylic acids is 1. The average molecular weight is 343 g/mol. The summed E-state index contributed by atoms with van der Waals surface area (Å²) in [5.74, 6) is 0.785. The number of hydrogen-bond donors (Lipinski definition) is 2. The van der Waals surface area contributed by atoms with Crippen molar-refractivity contribution in [3.8, 4) is 0 Å². The Balaban J connectivity index is 1.40. The van der Waals surface area contributed by atoms with Crippen molar-refractivity contribution in [3.05, 3.63) is 28.7 Å². The number of anilines is 1. The zero-order chi connectivity index (χ0) is 16.5. The van der Waals surface area contributed by atoms with Gasteiger partial charge in [-0.3, -0.25) is 4.79 Å². The maximum atomic E-state index is 12.2. The maximum absolute atomic E-state index is 12.2. The first-order chi connectivity index (χ1) is 11.7. The number of aromatic amines is 1. The summed E-state index contributed by atoms with van der Waals surface area (Å²) in [5, 5.41) is 5.78. The first-order valence-corrected chi connectivity index (χ1v) is 8.70. The Morgan fingerprint density at radius 1 is 1.33 bits per heavy atom. The van der Waals surface area contributed by atoms with Crippen LogP contribution in [-0.4, -0.2) is 50.0 Å². The molecule has 0 atom stereocenters. The number of hydrogen-bond acceptors (Lipinski definition) is 7. The molecule has 1 amide bonds. The number of nitrogens with zero attached hydrogens (tertiary/aromatic N) is 5. The summed E-state index contributed by atoms with van der Waals surface area (Å²) >= 11 is 1.49. The number of fused-ring (bicyclic) bond motifs is 1. The summed E-state index contributed by atoms with van der Waals surface area (Å²) < 4.78 is 0. The van der Waals surface area contributed by atoms with Crippen molar-refractivity contribution in [3.63, 3.8) is 0 Å². The van der Waals surface area contributed by atoms with Crippen LogP contribution in [0.1, 0.15) is 28.3 Å². The van der Waals surface area contributed by atoms with Crippen LogP contribution in [0, 0.1) is 6.92 Å². The Morgan fingerprint density at radius 3 is 2.92 bits per heavy atom. The molecule has 0 saturated carbocycles. The van der Waals surface area contributed by atoms with Crippen molar-refractivity contribution >= 4 is 34.2 Å². The largest absolute Gasteiger partial charge is 0.355 e. The third kappa shape index (κ3) is 2.82. The molecule has 1 fully saturated rings. The lowest BCUT2D eigenvalue weighted by Gasteiger charge is -2.33. The third-order valence-corrected chi connectivity index (χ3v) is 4.96. The SMILES string of the molecule is Cc1nc(C(=O)NC2CCN(c3ncnc4nc[nH]c34)CC2)cs1. The van der Waals surface area contributed by atoms with E-state index in [0.29, 0.717) is 11.3 Å². The highest BCUT2D eigenvalue weighted by Crippen LogP contribution is 2.23.